The highest BCUT2D eigenvalue weighted by Crippen LogP contribution is 2.26. The molecule has 1 aromatic heterocycles. The summed E-state index contributed by atoms with van der Waals surface area (Å²) in [5.74, 6) is -0.547. The van der Waals surface area contributed by atoms with Gasteiger partial charge in [-0.2, -0.15) is 0 Å². The van der Waals surface area contributed by atoms with Crippen LogP contribution in [0.15, 0.2) is 48.7 Å². The van der Waals surface area contributed by atoms with E-state index in [1.54, 1.807) is 26.8 Å². The standard InChI is InChI=1S/C24H26Cl2N2O4/c1-24(2,3)32-23(30)27-20(22(29)31-4)11-16-14-28(21-8-6-5-7-19(16)21)13-15-9-17(25)12-18(26)10-15/h5-10,12,14,20H,11,13H2,1-4H3,(H,27,30)/t20-/m0/s1. The van der Waals surface area contributed by atoms with E-state index in [0.717, 1.165) is 22.0 Å². The molecule has 0 aliphatic rings. The van der Waals surface area contributed by atoms with Gasteiger partial charge in [0.15, 0.2) is 0 Å². The monoisotopic (exact) mass is 476 g/mol. The molecule has 1 atom stereocenters. The SMILES string of the molecule is COC(=O)[C@H](Cc1cn(Cc2cc(Cl)cc(Cl)c2)c2ccccc12)NC(=O)OC(C)(C)C. The maximum atomic E-state index is 12.4. The van der Waals surface area contributed by atoms with Crippen LogP contribution in [0, 0.1) is 0 Å². The Hall–Kier alpha value is -2.70. The fourth-order valence-corrected chi connectivity index (χ4v) is 4.09. The molecule has 0 spiro atoms. The van der Waals surface area contributed by atoms with Crippen LogP contribution in [-0.2, 0) is 27.2 Å². The van der Waals surface area contributed by atoms with Crippen molar-refractivity contribution in [3.63, 3.8) is 0 Å². The quantitative estimate of drug-likeness (QED) is 0.469. The lowest BCUT2D eigenvalue weighted by atomic mass is 10.1. The van der Waals surface area contributed by atoms with Crippen molar-refractivity contribution in [2.24, 2.45) is 0 Å². The number of alkyl carbamates (subject to hydrolysis) is 1. The third-order valence-corrected chi connectivity index (χ3v) is 5.18. The van der Waals surface area contributed by atoms with Gasteiger partial charge in [0.25, 0.3) is 0 Å². The number of ether oxygens (including phenoxy) is 2. The van der Waals surface area contributed by atoms with Gasteiger partial charge in [-0.25, -0.2) is 9.59 Å². The molecule has 8 heteroatoms. The Morgan fingerprint density at radius 2 is 1.75 bits per heavy atom. The largest absolute Gasteiger partial charge is 0.467 e. The molecule has 0 bridgehead atoms. The van der Waals surface area contributed by atoms with Crippen molar-refractivity contribution in [3.05, 3.63) is 69.8 Å². The van der Waals surface area contributed by atoms with Gasteiger partial charge in [-0.05, 0) is 56.2 Å². The zero-order valence-electron chi connectivity index (χ0n) is 18.4. The molecule has 6 nitrogen and oxygen atoms in total. The fourth-order valence-electron chi connectivity index (χ4n) is 3.52. The Bertz CT molecular complexity index is 1110. The summed E-state index contributed by atoms with van der Waals surface area (Å²) < 4.78 is 12.3. The highest BCUT2D eigenvalue weighted by molar-refractivity contribution is 6.34. The molecule has 0 unspecified atom stereocenters. The number of fused-ring (bicyclic) bond motifs is 1. The average Bonchev–Trinajstić information content (AvgIpc) is 3.02. The van der Waals surface area contributed by atoms with E-state index in [1.165, 1.54) is 7.11 Å². The fraction of sp³-hybridized carbons (Fsp3) is 0.333. The lowest BCUT2D eigenvalue weighted by Gasteiger charge is -2.22. The molecular weight excluding hydrogens is 451 g/mol. The van der Waals surface area contributed by atoms with Gasteiger partial charge >= 0.3 is 12.1 Å². The van der Waals surface area contributed by atoms with E-state index in [9.17, 15) is 9.59 Å². The summed E-state index contributed by atoms with van der Waals surface area (Å²) >= 11 is 12.3. The zero-order valence-corrected chi connectivity index (χ0v) is 20.0. The maximum absolute atomic E-state index is 12.4. The first-order valence-electron chi connectivity index (χ1n) is 10.1. The van der Waals surface area contributed by atoms with Crippen molar-refractivity contribution in [1.29, 1.82) is 0 Å². The Morgan fingerprint density at radius 3 is 2.38 bits per heavy atom. The number of hydrogen-bond acceptors (Lipinski definition) is 4. The van der Waals surface area contributed by atoms with Gasteiger partial charge in [-0.1, -0.05) is 41.4 Å². The molecule has 1 heterocycles. The normalized spacial score (nSPS) is 12.4. The van der Waals surface area contributed by atoms with Gasteiger partial charge in [-0.3, -0.25) is 0 Å². The minimum Gasteiger partial charge on any atom is -0.467 e. The Kier molecular flexibility index (Phi) is 7.36. The Morgan fingerprint density at radius 1 is 1.09 bits per heavy atom. The van der Waals surface area contributed by atoms with Crippen LogP contribution in [0.2, 0.25) is 10.0 Å². The van der Waals surface area contributed by atoms with Gasteiger partial charge < -0.3 is 19.4 Å². The second-order valence-corrected chi connectivity index (χ2v) is 9.38. The molecule has 0 saturated heterocycles. The lowest BCUT2D eigenvalue weighted by molar-refractivity contribution is -0.143. The van der Waals surface area contributed by atoms with Crippen LogP contribution in [0.5, 0.6) is 0 Å². The molecule has 170 valence electrons. The second-order valence-electron chi connectivity index (χ2n) is 8.50. The number of hydrogen-bond donors (Lipinski definition) is 1. The summed E-state index contributed by atoms with van der Waals surface area (Å²) in [4.78, 5) is 24.7. The molecule has 0 saturated carbocycles. The van der Waals surface area contributed by atoms with E-state index >= 15 is 0 Å². The molecule has 3 aromatic rings. The van der Waals surface area contributed by atoms with Gasteiger partial charge in [0.05, 0.1) is 7.11 Å². The first kappa shape index (κ1) is 24.0. The van der Waals surface area contributed by atoms with E-state index in [1.807, 2.05) is 42.6 Å². The molecule has 0 radical (unpaired) electrons. The Labute approximate surface area is 197 Å². The van der Waals surface area contributed by atoms with Gasteiger partial charge in [-0.15, -0.1) is 0 Å². The Balaban J connectivity index is 1.91. The topological polar surface area (TPSA) is 69.6 Å². The third kappa shape index (κ3) is 6.17. The van der Waals surface area contributed by atoms with Crippen molar-refractivity contribution in [3.8, 4) is 0 Å². The second kappa shape index (κ2) is 9.84. The summed E-state index contributed by atoms with van der Waals surface area (Å²) in [5, 5.41) is 4.74. The van der Waals surface area contributed by atoms with Gasteiger partial charge in [0, 0.05) is 40.1 Å². The maximum Gasteiger partial charge on any atom is 0.408 e. The molecule has 2 aromatic carbocycles. The molecule has 0 aliphatic carbocycles. The van der Waals surface area contributed by atoms with Gasteiger partial charge in [0.1, 0.15) is 11.6 Å². The van der Waals surface area contributed by atoms with Crippen LogP contribution in [0.4, 0.5) is 4.79 Å². The highest BCUT2D eigenvalue weighted by atomic mass is 35.5. The van der Waals surface area contributed by atoms with E-state index in [0.29, 0.717) is 16.6 Å². The summed E-state index contributed by atoms with van der Waals surface area (Å²) in [7, 11) is 1.29. The molecule has 1 N–H and O–H groups in total. The number of carbonyl (C=O) groups excluding carboxylic acids is 2. The number of methoxy groups -OCH3 is 1. The van der Waals surface area contributed by atoms with Crippen LogP contribution < -0.4 is 5.32 Å². The number of rotatable bonds is 6. The van der Waals surface area contributed by atoms with Crippen molar-refractivity contribution in [2.45, 2.75) is 45.4 Å². The van der Waals surface area contributed by atoms with E-state index in [2.05, 4.69) is 9.88 Å². The molecule has 0 fully saturated rings. The van der Waals surface area contributed by atoms with Crippen LogP contribution in [0.25, 0.3) is 10.9 Å². The van der Waals surface area contributed by atoms with Gasteiger partial charge in [0.2, 0.25) is 0 Å². The van der Waals surface area contributed by atoms with Crippen LogP contribution >= 0.6 is 23.2 Å². The number of carbonyl (C=O) groups is 2. The van der Waals surface area contributed by atoms with Crippen molar-refractivity contribution in [2.75, 3.05) is 7.11 Å². The molecule has 0 aliphatic heterocycles. The predicted molar refractivity (Wildman–Crippen MR) is 126 cm³/mol. The number of halogens is 2. The summed E-state index contributed by atoms with van der Waals surface area (Å²) in [6.07, 6.45) is 1.53. The molecular formula is C24H26Cl2N2O4. The average molecular weight is 477 g/mol. The van der Waals surface area contributed by atoms with E-state index in [4.69, 9.17) is 32.7 Å². The van der Waals surface area contributed by atoms with Crippen molar-refractivity contribution < 1.29 is 19.1 Å². The van der Waals surface area contributed by atoms with Crippen LogP contribution in [-0.4, -0.2) is 35.4 Å². The minimum absolute atomic E-state index is 0.246. The van der Waals surface area contributed by atoms with E-state index in [-0.39, 0.29) is 6.42 Å². The third-order valence-electron chi connectivity index (χ3n) is 4.75. The number of nitrogens with one attached hydrogen (secondary N) is 1. The predicted octanol–water partition coefficient (Wildman–Crippen LogP) is 5.61. The lowest BCUT2D eigenvalue weighted by Crippen LogP contribution is -2.45. The number of nitrogens with zero attached hydrogens (tertiary/aromatic N) is 1. The van der Waals surface area contributed by atoms with Crippen molar-refractivity contribution in [1.82, 2.24) is 9.88 Å². The minimum atomic E-state index is -0.894. The number of amides is 1. The summed E-state index contributed by atoms with van der Waals surface area (Å²) in [5.41, 5.74) is 2.14. The number of esters is 1. The first-order valence-corrected chi connectivity index (χ1v) is 10.9. The van der Waals surface area contributed by atoms with E-state index < -0.39 is 23.7 Å². The molecule has 1 amide bonds. The smallest absolute Gasteiger partial charge is 0.408 e. The summed E-state index contributed by atoms with van der Waals surface area (Å²) in [6.45, 7) is 5.82. The summed E-state index contributed by atoms with van der Waals surface area (Å²) in [6, 6.07) is 12.4. The molecule has 3 rings (SSSR count). The molecule has 32 heavy (non-hydrogen) atoms. The number of benzene rings is 2. The first-order chi connectivity index (χ1) is 15.1. The van der Waals surface area contributed by atoms with Crippen molar-refractivity contribution >= 4 is 46.2 Å². The number of aromatic nitrogens is 1. The number of para-hydroxylation sites is 1. The highest BCUT2D eigenvalue weighted by Gasteiger charge is 2.26. The van der Waals surface area contributed by atoms with Crippen LogP contribution in [0.3, 0.4) is 0 Å². The zero-order chi connectivity index (χ0) is 23.5. The van der Waals surface area contributed by atoms with Crippen LogP contribution in [0.1, 0.15) is 31.9 Å².